The number of nitrogens with one attached hydrogen (secondary N) is 1. The van der Waals surface area contributed by atoms with Gasteiger partial charge in [-0.1, -0.05) is 13.8 Å². The molecule has 0 unspecified atom stereocenters. The number of benzene rings is 1. The molecule has 106 valence electrons. The maximum atomic E-state index is 12.8. The lowest BCUT2D eigenvalue weighted by molar-refractivity contribution is -0.286. The van der Waals surface area contributed by atoms with Crippen LogP contribution in [-0.4, -0.2) is 23.5 Å². The molecular weight excluding hydrogens is 256 g/mol. The Kier molecular flexibility index (Phi) is 3.54. The lowest BCUT2D eigenvalue weighted by Crippen LogP contribution is -2.35. The van der Waals surface area contributed by atoms with E-state index in [9.17, 15) is 13.9 Å². The summed E-state index contributed by atoms with van der Waals surface area (Å²) in [6, 6.07) is 4.45. The van der Waals surface area contributed by atoms with Gasteiger partial charge >= 0.3 is 6.29 Å². The Morgan fingerprint density at radius 2 is 1.84 bits per heavy atom. The first-order chi connectivity index (χ1) is 8.87. The van der Waals surface area contributed by atoms with Crippen LogP contribution >= 0.6 is 0 Å². The average molecular weight is 273 g/mol. The molecule has 1 aromatic rings. The third-order valence-electron chi connectivity index (χ3n) is 3.34. The van der Waals surface area contributed by atoms with Crippen molar-refractivity contribution in [2.24, 2.45) is 0 Å². The third kappa shape index (κ3) is 3.07. The van der Waals surface area contributed by atoms with Crippen molar-refractivity contribution >= 4 is 5.69 Å². The Morgan fingerprint density at radius 1 is 1.21 bits per heavy atom. The topological polar surface area (TPSA) is 50.7 Å². The van der Waals surface area contributed by atoms with E-state index in [2.05, 4.69) is 14.8 Å². The predicted molar refractivity (Wildman–Crippen MR) is 66.7 cm³/mol. The zero-order valence-corrected chi connectivity index (χ0v) is 10.9. The minimum absolute atomic E-state index is 0.00784. The van der Waals surface area contributed by atoms with Crippen LogP contribution in [0.4, 0.5) is 14.5 Å². The fourth-order valence-corrected chi connectivity index (χ4v) is 1.83. The number of halogens is 2. The number of rotatable bonds is 5. The van der Waals surface area contributed by atoms with E-state index < -0.39 is 11.9 Å². The van der Waals surface area contributed by atoms with Crippen LogP contribution in [0.3, 0.4) is 0 Å². The fourth-order valence-electron chi connectivity index (χ4n) is 1.83. The van der Waals surface area contributed by atoms with Crippen LogP contribution in [0.15, 0.2) is 18.2 Å². The van der Waals surface area contributed by atoms with Crippen molar-refractivity contribution in [3.05, 3.63) is 18.2 Å². The smallest absolute Gasteiger partial charge is 0.395 e. The van der Waals surface area contributed by atoms with Crippen LogP contribution < -0.4 is 14.8 Å². The van der Waals surface area contributed by atoms with E-state index in [-0.39, 0.29) is 11.5 Å². The van der Waals surface area contributed by atoms with Crippen molar-refractivity contribution in [2.45, 2.75) is 38.6 Å². The van der Waals surface area contributed by atoms with Crippen LogP contribution in [0.2, 0.25) is 0 Å². The lowest BCUT2D eigenvalue weighted by atomic mass is 9.97. The first-order valence-corrected chi connectivity index (χ1v) is 6.23. The summed E-state index contributed by atoms with van der Waals surface area (Å²) in [6.07, 6.45) is -2.38. The molecule has 0 radical (unpaired) electrons. The summed E-state index contributed by atoms with van der Waals surface area (Å²) in [5.74, 6) is 0.00308. The number of anilines is 1. The first kappa shape index (κ1) is 13.9. The van der Waals surface area contributed by atoms with E-state index in [1.165, 1.54) is 12.1 Å². The van der Waals surface area contributed by atoms with Crippen LogP contribution in [0.5, 0.6) is 11.5 Å². The van der Waals surface area contributed by atoms with Gasteiger partial charge < -0.3 is 19.9 Å². The number of hydrogen-bond acceptors (Lipinski definition) is 4. The van der Waals surface area contributed by atoms with E-state index in [0.29, 0.717) is 25.1 Å². The molecule has 0 saturated carbocycles. The molecule has 4 nitrogen and oxygen atoms in total. The molecule has 0 aliphatic carbocycles. The first-order valence-electron chi connectivity index (χ1n) is 6.23. The van der Waals surface area contributed by atoms with Crippen molar-refractivity contribution in [1.29, 1.82) is 0 Å². The van der Waals surface area contributed by atoms with Crippen molar-refractivity contribution in [2.75, 3.05) is 11.9 Å². The zero-order chi connectivity index (χ0) is 14.1. The van der Waals surface area contributed by atoms with Crippen LogP contribution in [0, 0.1) is 0 Å². The second-order valence-electron chi connectivity index (χ2n) is 4.61. The number of alkyl halides is 2. The summed E-state index contributed by atoms with van der Waals surface area (Å²) in [6.45, 7) is 4.13. The summed E-state index contributed by atoms with van der Waals surface area (Å²) in [5.41, 5.74) is -0.208. The highest BCUT2D eigenvalue weighted by atomic mass is 19.3. The molecule has 0 fully saturated rings. The third-order valence-corrected chi connectivity index (χ3v) is 3.34. The van der Waals surface area contributed by atoms with E-state index >= 15 is 0 Å². The molecular formula is C13H17F2NO3. The van der Waals surface area contributed by atoms with E-state index in [4.69, 9.17) is 0 Å². The zero-order valence-electron chi connectivity index (χ0n) is 10.9. The van der Waals surface area contributed by atoms with Gasteiger partial charge in [0, 0.05) is 18.3 Å². The van der Waals surface area contributed by atoms with E-state index in [1.54, 1.807) is 6.07 Å². The minimum Gasteiger partial charge on any atom is -0.395 e. The van der Waals surface area contributed by atoms with Crippen molar-refractivity contribution in [1.82, 2.24) is 0 Å². The summed E-state index contributed by atoms with van der Waals surface area (Å²) >= 11 is 0. The molecule has 0 spiro atoms. The highest BCUT2D eigenvalue weighted by molar-refractivity contribution is 5.56. The monoisotopic (exact) mass is 273 g/mol. The van der Waals surface area contributed by atoms with Crippen molar-refractivity contribution < 1.29 is 23.4 Å². The van der Waals surface area contributed by atoms with Gasteiger partial charge in [0.05, 0.1) is 5.60 Å². The van der Waals surface area contributed by atoms with Gasteiger partial charge in [-0.3, -0.25) is 0 Å². The Labute approximate surface area is 110 Å². The molecule has 1 aliphatic heterocycles. The predicted octanol–water partition coefficient (Wildman–Crippen LogP) is 2.97. The molecule has 2 rings (SSSR count). The summed E-state index contributed by atoms with van der Waals surface area (Å²) in [5, 5.41) is 13.1. The van der Waals surface area contributed by atoms with Gasteiger partial charge in [0.25, 0.3) is 0 Å². The molecule has 0 amide bonds. The number of aliphatic hydroxyl groups is 1. The largest absolute Gasteiger partial charge is 0.586 e. The number of hydrogen-bond donors (Lipinski definition) is 2. The molecule has 0 saturated heterocycles. The highest BCUT2D eigenvalue weighted by Crippen LogP contribution is 2.42. The van der Waals surface area contributed by atoms with Crippen LogP contribution in [0.25, 0.3) is 0 Å². The molecule has 6 heteroatoms. The fraction of sp³-hybridized carbons (Fsp3) is 0.538. The Balaban J connectivity index is 2.05. The molecule has 2 N–H and O–H groups in total. The van der Waals surface area contributed by atoms with Gasteiger partial charge in [-0.2, -0.15) is 0 Å². The maximum Gasteiger partial charge on any atom is 0.586 e. The van der Waals surface area contributed by atoms with Gasteiger partial charge in [-0.25, -0.2) is 0 Å². The van der Waals surface area contributed by atoms with Gasteiger partial charge in [0.15, 0.2) is 11.5 Å². The SMILES string of the molecule is CCC(O)(CC)CNc1ccc2c(c1)OC(F)(F)O2. The minimum atomic E-state index is -3.60. The van der Waals surface area contributed by atoms with Crippen LogP contribution in [0.1, 0.15) is 26.7 Å². The van der Waals surface area contributed by atoms with Gasteiger partial charge in [0.1, 0.15) is 0 Å². The van der Waals surface area contributed by atoms with Gasteiger partial charge in [-0.05, 0) is 25.0 Å². The number of ether oxygens (including phenoxy) is 2. The Morgan fingerprint density at radius 3 is 2.47 bits per heavy atom. The summed E-state index contributed by atoms with van der Waals surface area (Å²) < 4.78 is 34.4. The maximum absolute atomic E-state index is 12.8. The van der Waals surface area contributed by atoms with Gasteiger partial charge in [0.2, 0.25) is 0 Å². The molecule has 0 aromatic heterocycles. The normalized spacial score (nSPS) is 16.5. The van der Waals surface area contributed by atoms with Crippen LogP contribution in [-0.2, 0) is 0 Å². The van der Waals surface area contributed by atoms with Crippen molar-refractivity contribution in [3.8, 4) is 11.5 Å². The standard InChI is InChI=1S/C13H17F2NO3/c1-3-12(17,4-2)8-16-9-5-6-10-11(7-9)19-13(14,15)18-10/h5-7,16-17H,3-4,8H2,1-2H3. The van der Waals surface area contributed by atoms with Crippen molar-refractivity contribution in [3.63, 3.8) is 0 Å². The Hall–Kier alpha value is -1.56. The average Bonchev–Trinajstić information content (AvgIpc) is 2.69. The molecule has 0 atom stereocenters. The second kappa shape index (κ2) is 4.85. The Bertz CT molecular complexity index is 461. The second-order valence-corrected chi connectivity index (χ2v) is 4.61. The van der Waals surface area contributed by atoms with E-state index in [0.717, 1.165) is 0 Å². The number of fused-ring (bicyclic) bond motifs is 1. The van der Waals surface area contributed by atoms with Gasteiger partial charge in [-0.15, -0.1) is 8.78 Å². The van der Waals surface area contributed by atoms with E-state index in [1.807, 2.05) is 13.8 Å². The molecule has 1 heterocycles. The summed E-state index contributed by atoms with van der Waals surface area (Å²) in [7, 11) is 0. The molecule has 1 aromatic carbocycles. The molecule has 0 bridgehead atoms. The highest BCUT2D eigenvalue weighted by Gasteiger charge is 2.43. The summed E-state index contributed by atoms with van der Waals surface area (Å²) in [4.78, 5) is 0. The molecule has 19 heavy (non-hydrogen) atoms. The quantitative estimate of drug-likeness (QED) is 0.866. The molecule has 1 aliphatic rings. The lowest BCUT2D eigenvalue weighted by Gasteiger charge is -2.25.